The number of rotatable bonds is 9. The number of ether oxygens (including phenoxy) is 1. The third-order valence-corrected chi connectivity index (χ3v) is 7.31. The van der Waals surface area contributed by atoms with Gasteiger partial charge in [-0.3, -0.25) is 4.79 Å². The van der Waals surface area contributed by atoms with Gasteiger partial charge in [0.2, 0.25) is 0 Å². The number of carboxylic acids is 1. The number of hydrogen-bond donors (Lipinski definition) is 2. The molecule has 0 saturated heterocycles. The third kappa shape index (κ3) is 6.35. The molecule has 1 amide bonds. The number of carboxylic acid groups (broad SMARTS) is 1. The van der Waals surface area contributed by atoms with Gasteiger partial charge < -0.3 is 27.3 Å². The molecule has 0 saturated carbocycles. The van der Waals surface area contributed by atoms with Crippen molar-refractivity contribution in [1.29, 1.82) is 0 Å². The molecule has 9 nitrogen and oxygen atoms in total. The van der Waals surface area contributed by atoms with Gasteiger partial charge in [0.25, 0.3) is 5.91 Å². The van der Waals surface area contributed by atoms with Crippen LogP contribution in [-0.2, 0) is 33.7 Å². The molecule has 0 radical (unpaired) electrons. The maximum Gasteiger partial charge on any atom is 1.00 e. The minimum absolute atomic E-state index is 0. The maximum absolute atomic E-state index is 13.1. The molecule has 0 aliphatic carbocycles. The Balaban J connectivity index is 0.00000231. The van der Waals surface area contributed by atoms with E-state index < -0.39 is 23.9 Å². The van der Waals surface area contributed by atoms with Gasteiger partial charge in [-0.05, 0) is 36.1 Å². The van der Waals surface area contributed by atoms with Crippen LogP contribution in [0.5, 0.6) is 0 Å². The van der Waals surface area contributed by atoms with Crippen molar-refractivity contribution in [2.75, 3.05) is 13.2 Å². The Morgan fingerprint density at radius 3 is 2.46 bits per heavy atom. The number of unbranched alkanes of at least 4 members (excludes halogenated alkanes) is 1. The zero-order chi connectivity index (χ0) is 27.7. The number of hydrogen-bond acceptors (Lipinski definition) is 6. The average Bonchev–Trinajstić information content (AvgIpc) is 3.41. The van der Waals surface area contributed by atoms with Gasteiger partial charge in [-0.2, -0.15) is 0 Å². The Hall–Kier alpha value is -2.40. The second-order valence-electron chi connectivity index (χ2n) is 9.73. The third-order valence-electron chi connectivity index (χ3n) is 7.31. The summed E-state index contributed by atoms with van der Waals surface area (Å²) in [7, 11) is 0. The maximum atomic E-state index is 13.1. The predicted octanol–water partition coefficient (Wildman–Crippen LogP) is -1.31. The Kier molecular flexibility index (Phi) is 11.4. The molecule has 3 aromatic rings. The number of fused-ring (bicyclic) bond motifs is 3. The van der Waals surface area contributed by atoms with E-state index in [4.69, 9.17) is 9.72 Å². The van der Waals surface area contributed by atoms with Crippen LogP contribution in [0.15, 0.2) is 59.9 Å². The molecule has 2 aliphatic heterocycles. The molecule has 0 bridgehead atoms. The minimum atomic E-state index is -0.981. The fraction of sp³-hybridized carbons (Fsp3) is 0.333. The number of imidazole rings is 1. The van der Waals surface area contributed by atoms with Crippen molar-refractivity contribution >= 4 is 17.8 Å². The number of aryl methyl sites for hydroxylation is 1. The normalized spacial score (nSPS) is 15.5. The van der Waals surface area contributed by atoms with Gasteiger partial charge in [-0.1, -0.05) is 55.8 Å². The van der Waals surface area contributed by atoms with Crippen LogP contribution in [0.25, 0.3) is 11.1 Å². The molecule has 5 rings (SSSR count). The van der Waals surface area contributed by atoms with E-state index in [0.717, 1.165) is 47.6 Å². The van der Waals surface area contributed by atoms with Crippen LogP contribution in [-0.4, -0.2) is 55.7 Å². The number of nitrogens with zero attached hydrogens (tertiary/aromatic N) is 3. The molecule has 1 aromatic heterocycles. The van der Waals surface area contributed by atoms with Crippen LogP contribution < -0.4 is 59.1 Å². The smallest absolute Gasteiger partial charge is 1.00 e. The SMILES string of the molecule is CCCCc1nc2c(n1Cc1ccc(-c3ccccc3C(=O)O)cc1)C1C(O)=C(C(=O)OCC)C(=O)N1CC2.[H-].[H-].[Na+].[Na+]. The Bertz CT molecular complexity index is 1490. The molecule has 206 valence electrons. The summed E-state index contributed by atoms with van der Waals surface area (Å²) in [5.41, 5.74) is 3.86. The van der Waals surface area contributed by atoms with E-state index in [1.807, 2.05) is 30.3 Å². The largest absolute Gasteiger partial charge is 1.00 e. The summed E-state index contributed by atoms with van der Waals surface area (Å²) in [5.74, 6) is -1.74. The summed E-state index contributed by atoms with van der Waals surface area (Å²) in [6, 6.07) is 13.8. The topological polar surface area (TPSA) is 122 Å². The number of aromatic carboxylic acids is 1. The summed E-state index contributed by atoms with van der Waals surface area (Å²) in [6.07, 6.45) is 3.19. The standard InChI is InChI=1S/C30H31N3O6.2Na.2H/c1-3-5-10-23-31-22-15-16-32-26(27(34)24(28(32)35)30(38)39-4-2)25(22)33(23)17-18-11-13-19(14-12-18)20-8-6-7-9-21(20)29(36)37;;;;/h6-9,11-14,26,34H,3-5,10,15-17H2,1-2H3,(H,36,37);;;;/q;2*+1;2*-1. The van der Waals surface area contributed by atoms with Gasteiger partial charge in [-0.25, -0.2) is 14.6 Å². The van der Waals surface area contributed by atoms with Crippen LogP contribution in [0.4, 0.5) is 0 Å². The van der Waals surface area contributed by atoms with E-state index in [-0.39, 0.29) is 85.5 Å². The molecule has 41 heavy (non-hydrogen) atoms. The summed E-state index contributed by atoms with van der Waals surface area (Å²) in [6.45, 7) is 4.67. The van der Waals surface area contributed by atoms with E-state index in [1.165, 1.54) is 4.90 Å². The van der Waals surface area contributed by atoms with Crippen molar-refractivity contribution in [3.8, 4) is 11.1 Å². The fourth-order valence-corrected chi connectivity index (χ4v) is 5.44. The molecular formula is C30H33N3Na2O6. The van der Waals surface area contributed by atoms with E-state index in [0.29, 0.717) is 25.1 Å². The quantitative estimate of drug-likeness (QED) is 0.184. The van der Waals surface area contributed by atoms with E-state index in [9.17, 15) is 24.6 Å². The van der Waals surface area contributed by atoms with E-state index >= 15 is 0 Å². The van der Waals surface area contributed by atoms with Gasteiger partial charge in [0, 0.05) is 25.9 Å². The van der Waals surface area contributed by atoms with E-state index in [2.05, 4.69) is 11.5 Å². The van der Waals surface area contributed by atoms with Crippen molar-refractivity contribution in [1.82, 2.24) is 14.5 Å². The monoisotopic (exact) mass is 577 g/mol. The second-order valence-corrected chi connectivity index (χ2v) is 9.73. The second kappa shape index (κ2) is 14.2. The van der Waals surface area contributed by atoms with Crippen LogP contribution in [0.3, 0.4) is 0 Å². The van der Waals surface area contributed by atoms with Crippen molar-refractivity contribution in [3.05, 3.63) is 88.2 Å². The Morgan fingerprint density at radius 2 is 1.80 bits per heavy atom. The molecule has 2 N–H and O–H groups in total. The molecule has 1 unspecified atom stereocenters. The molecule has 1 atom stereocenters. The first-order valence-corrected chi connectivity index (χ1v) is 13.3. The molecular weight excluding hydrogens is 544 g/mol. The van der Waals surface area contributed by atoms with Gasteiger partial charge in [-0.15, -0.1) is 0 Å². The number of benzene rings is 2. The predicted molar refractivity (Wildman–Crippen MR) is 145 cm³/mol. The molecule has 0 spiro atoms. The van der Waals surface area contributed by atoms with Gasteiger partial charge in [0.05, 0.1) is 23.6 Å². The fourth-order valence-electron chi connectivity index (χ4n) is 5.44. The van der Waals surface area contributed by atoms with Gasteiger partial charge in [0.1, 0.15) is 17.6 Å². The van der Waals surface area contributed by atoms with Crippen LogP contribution >= 0.6 is 0 Å². The van der Waals surface area contributed by atoms with E-state index in [1.54, 1.807) is 25.1 Å². The number of aliphatic hydroxyl groups is 1. The summed E-state index contributed by atoms with van der Waals surface area (Å²) < 4.78 is 7.11. The summed E-state index contributed by atoms with van der Waals surface area (Å²) in [4.78, 5) is 43.7. The first-order valence-electron chi connectivity index (χ1n) is 13.3. The van der Waals surface area contributed by atoms with Crippen molar-refractivity contribution < 1.29 is 91.3 Å². The Morgan fingerprint density at radius 1 is 1.10 bits per heavy atom. The average molecular weight is 578 g/mol. The van der Waals surface area contributed by atoms with Crippen molar-refractivity contribution in [3.63, 3.8) is 0 Å². The molecule has 11 heteroatoms. The van der Waals surface area contributed by atoms with Gasteiger partial charge in [0.15, 0.2) is 5.57 Å². The molecule has 3 heterocycles. The van der Waals surface area contributed by atoms with Crippen LogP contribution in [0, 0.1) is 0 Å². The van der Waals surface area contributed by atoms with Gasteiger partial charge >= 0.3 is 71.1 Å². The Labute approximate surface area is 286 Å². The number of amides is 1. The number of carbonyl (C=O) groups is 3. The van der Waals surface area contributed by atoms with Crippen LogP contribution in [0.1, 0.15) is 68.7 Å². The van der Waals surface area contributed by atoms with Crippen molar-refractivity contribution in [2.45, 2.75) is 52.1 Å². The molecule has 2 aliphatic rings. The number of esters is 1. The zero-order valence-electron chi connectivity index (χ0n) is 26.0. The van der Waals surface area contributed by atoms with Crippen LogP contribution in [0.2, 0.25) is 0 Å². The summed E-state index contributed by atoms with van der Waals surface area (Å²) >= 11 is 0. The van der Waals surface area contributed by atoms with Crippen molar-refractivity contribution in [2.24, 2.45) is 0 Å². The first kappa shape index (κ1) is 33.1. The number of aliphatic hydroxyl groups excluding tert-OH is 1. The summed E-state index contributed by atoms with van der Waals surface area (Å²) in [5, 5.41) is 20.7. The molecule has 2 aromatic carbocycles. The first-order chi connectivity index (χ1) is 18.8. The number of carbonyl (C=O) groups excluding carboxylic acids is 2. The minimum Gasteiger partial charge on any atom is -1.00 e. The number of aromatic nitrogens is 2. The molecule has 0 fully saturated rings. The zero-order valence-corrected chi connectivity index (χ0v) is 28.0.